The van der Waals surface area contributed by atoms with Gasteiger partial charge in [0.2, 0.25) is 0 Å². The number of amides is 2. The molecular formula is C12H20N2O4. The zero-order valence-electron chi connectivity index (χ0n) is 10.4. The van der Waals surface area contributed by atoms with Gasteiger partial charge in [-0.1, -0.05) is 0 Å². The van der Waals surface area contributed by atoms with Crippen LogP contribution in [-0.4, -0.2) is 63.8 Å². The fraction of sp³-hybridized carbons (Fsp3) is 0.833. The van der Waals surface area contributed by atoms with E-state index in [1.54, 1.807) is 4.90 Å². The lowest BCUT2D eigenvalue weighted by molar-refractivity contribution is -0.138. The van der Waals surface area contributed by atoms with Gasteiger partial charge in [0.25, 0.3) is 0 Å². The van der Waals surface area contributed by atoms with Crippen molar-refractivity contribution in [2.75, 3.05) is 19.7 Å². The molecule has 6 heteroatoms. The Labute approximate surface area is 106 Å². The van der Waals surface area contributed by atoms with Crippen molar-refractivity contribution < 1.29 is 19.8 Å². The summed E-state index contributed by atoms with van der Waals surface area (Å²) in [4.78, 5) is 26.3. The smallest absolute Gasteiger partial charge is 0.323 e. The molecule has 2 saturated carbocycles. The summed E-state index contributed by atoms with van der Waals surface area (Å²) in [6.07, 6.45) is 4.78. The quantitative estimate of drug-likeness (QED) is 0.725. The Morgan fingerprint density at radius 2 is 1.67 bits per heavy atom. The lowest BCUT2D eigenvalue weighted by atomic mass is 9.91. The van der Waals surface area contributed by atoms with E-state index in [-0.39, 0.29) is 31.3 Å². The highest BCUT2D eigenvalue weighted by Crippen LogP contribution is 2.30. The molecule has 0 radical (unpaired) electrons. The summed E-state index contributed by atoms with van der Waals surface area (Å²) in [6.45, 7) is -0.0156. The molecule has 2 amide bonds. The lowest BCUT2D eigenvalue weighted by Crippen LogP contribution is -2.53. The Morgan fingerprint density at radius 1 is 1.06 bits per heavy atom. The van der Waals surface area contributed by atoms with Crippen LogP contribution in [0.1, 0.15) is 32.1 Å². The summed E-state index contributed by atoms with van der Waals surface area (Å²) >= 11 is 0. The Balaban J connectivity index is 2.01. The fourth-order valence-electron chi connectivity index (χ4n) is 2.29. The fourth-order valence-corrected chi connectivity index (χ4v) is 2.29. The Morgan fingerprint density at radius 3 is 2.06 bits per heavy atom. The van der Waals surface area contributed by atoms with E-state index in [2.05, 4.69) is 0 Å². The van der Waals surface area contributed by atoms with E-state index in [0.717, 1.165) is 32.1 Å². The van der Waals surface area contributed by atoms with Gasteiger partial charge in [0.15, 0.2) is 0 Å². The summed E-state index contributed by atoms with van der Waals surface area (Å²) in [5, 5.41) is 17.9. The third-order valence-electron chi connectivity index (χ3n) is 3.64. The van der Waals surface area contributed by atoms with Gasteiger partial charge in [-0.25, -0.2) is 4.79 Å². The normalized spacial score (nSPS) is 19.2. The number of aliphatic carboxylic acids is 1. The van der Waals surface area contributed by atoms with Crippen molar-refractivity contribution in [2.24, 2.45) is 0 Å². The van der Waals surface area contributed by atoms with E-state index < -0.39 is 5.97 Å². The first-order chi connectivity index (χ1) is 8.63. The summed E-state index contributed by atoms with van der Waals surface area (Å²) in [7, 11) is 0. The van der Waals surface area contributed by atoms with E-state index in [1.807, 2.05) is 0 Å². The number of carbonyl (C=O) groups excluding carboxylic acids is 1. The number of rotatable bonds is 6. The molecule has 0 unspecified atom stereocenters. The summed E-state index contributed by atoms with van der Waals surface area (Å²) < 4.78 is 0. The van der Waals surface area contributed by atoms with E-state index in [0.29, 0.717) is 6.54 Å². The van der Waals surface area contributed by atoms with Gasteiger partial charge in [0.05, 0.1) is 6.61 Å². The van der Waals surface area contributed by atoms with E-state index >= 15 is 0 Å². The molecule has 2 rings (SSSR count). The molecule has 2 aliphatic rings. The van der Waals surface area contributed by atoms with Gasteiger partial charge < -0.3 is 20.0 Å². The highest BCUT2D eigenvalue weighted by molar-refractivity contribution is 5.81. The monoisotopic (exact) mass is 256 g/mol. The van der Waals surface area contributed by atoms with Crippen molar-refractivity contribution in [3.05, 3.63) is 0 Å². The Hall–Kier alpha value is -1.30. The number of aliphatic hydroxyl groups is 1. The van der Waals surface area contributed by atoms with Gasteiger partial charge in [0.1, 0.15) is 6.54 Å². The maximum Gasteiger partial charge on any atom is 0.323 e. The lowest BCUT2D eigenvalue weighted by Gasteiger charge is -2.39. The summed E-state index contributed by atoms with van der Waals surface area (Å²) in [5.74, 6) is -0.979. The van der Waals surface area contributed by atoms with Crippen molar-refractivity contribution in [3.8, 4) is 0 Å². The maximum absolute atomic E-state index is 12.4. The van der Waals surface area contributed by atoms with Crippen molar-refractivity contribution in [1.82, 2.24) is 9.80 Å². The second kappa shape index (κ2) is 5.56. The highest BCUT2D eigenvalue weighted by Gasteiger charge is 2.38. The molecular weight excluding hydrogens is 236 g/mol. The number of nitrogens with zero attached hydrogens (tertiary/aromatic N) is 2. The van der Waals surface area contributed by atoms with Crippen molar-refractivity contribution in [1.29, 1.82) is 0 Å². The van der Waals surface area contributed by atoms with E-state index in [9.17, 15) is 9.59 Å². The predicted molar refractivity (Wildman–Crippen MR) is 64.2 cm³/mol. The first-order valence-electron chi connectivity index (χ1n) is 6.53. The van der Waals surface area contributed by atoms with Crippen LogP contribution < -0.4 is 0 Å². The Kier molecular flexibility index (Phi) is 4.06. The van der Waals surface area contributed by atoms with Crippen LogP contribution >= 0.6 is 0 Å². The van der Waals surface area contributed by atoms with Gasteiger partial charge in [-0.05, 0) is 32.1 Å². The zero-order valence-corrected chi connectivity index (χ0v) is 10.4. The molecule has 6 nitrogen and oxygen atoms in total. The molecule has 2 aliphatic carbocycles. The number of urea groups is 1. The molecule has 0 bridgehead atoms. The molecule has 2 fully saturated rings. The minimum atomic E-state index is -0.979. The number of carboxylic acids is 1. The second-order valence-electron chi connectivity index (χ2n) is 5.04. The largest absolute Gasteiger partial charge is 0.480 e. The molecule has 0 saturated heterocycles. The van der Waals surface area contributed by atoms with Crippen molar-refractivity contribution in [3.63, 3.8) is 0 Å². The number of hydrogen-bond acceptors (Lipinski definition) is 3. The SMILES string of the molecule is O=C(O)CN(C(=O)N(CCO)C1CCC1)C1CC1. The minimum Gasteiger partial charge on any atom is -0.480 e. The van der Waals surface area contributed by atoms with Crippen molar-refractivity contribution in [2.45, 2.75) is 44.2 Å². The topological polar surface area (TPSA) is 81.1 Å². The van der Waals surface area contributed by atoms with Crippen LogP contribution in [0.5, 0.6) is 0 Å². The van der Waals surface area contributed by atoms with Gasteiger partial charge in [-0.15, -0.1) is 0 Å². The van der Waals surface area contributed by atoms with Crippen LogP contribution in [0.3, 0.4) is 0 Å². The van der Waals surface area contributed by atoms with Crippen molar-refractivity contribution >= 4 is 12.0 Å². The minimum absolute atomic E-state index is 0.0756. The van der Waals surface area contributed by atoms with Gasteiger partial charge in [-0.3, -0.25) is 4.79 Å². The third-order valence-corrected chi connectivity index (χ3v) is 3.64. The number of carboxylic acid groups (broad SMARTS) is 1. The van der Waals surface area contributed by atoms with Gasteiger partial charge in [0, 0.05) is 18.6 Å². The highest BCUT2D eigenvalue weighted by atomic mass is 16.4. The predicted octanol–water partition coefficient (Wildman–Crippen LogP) is 0.502. The average molecular weight is 256 g/mol. The molecule has 0 aromatic rings. The number of carbonyl (C=O) groups is 2. The molecule has 0 spiro atoms. The zero-order chi connectivity index (χ0) is 13.1. The maximum atomic E-state index is 12.4. The average Bonchev–Trinajstić information content (AvgIpc) is 3.05. The molecule has 0 atom stereocenters. The standard InChI is InChI=1S/C12H20N2O4/c15-7-6-13(9-2-1-3-9)12(18)14(8-11(16)17)10-4-5-10/h9-10,15H,1-8H2,(H,16,17). The molecule has 0 aromatic heterocycles. The Bertz CT molecular complexity index is 326. The summed E-state index contributed by atoms with van der Waals surface area (Å²) in [5.41, 5.74) is 0. The van der Waals surface area contributed by atoms with Gasteiger partial charge >= 0.3 is 12.0 Å². The van der Waals surface area contributed by atoms with Crippen LogP contribution in [0.2, 0.25) is 0 Å². The van der Waals surface area contributed by atoms with Crippen LogP contribution in [0.15, 0.2) is 0 Å². The second-order valence-corrected chi connectivity index (χ2v) is 5.04. The van der Waals surface area contributed by atoms with E-state index in [4.69, 9.17) is 10.2 Å². The first-order valence-corrected chi connectivity index (χ1v) is 6.53. The van der Waals surface area contributed by atoms with E-state index in [1.165, 1.54) is 4.90 Å². The molecule has 102 valence electrons. The van der Waals surface area contributed by atoms with Crippen LogP contribution in [0.25, 0.3) is 0 Å². The van der Waals surface area contributed by atoms with Gasteiger partial charge in [-0.2, -0.15) is 0 Å². The van der Waals surface area contributed by atoms with Crippen LogP contribution in [-0.2, 0) is 4.79 Å². The number of hydrogen-bond donors (Lipinski definition) is 2. The van der Waals surface area contributed by atoms with Crippen LogP contribution in [0.4, 0.5) is 4.79 Å². The molecule has 18 heavy (non-hydrogen) atoms. The van der Waals surface area contributed by atoms with Crippen LogP contribution in [0, 0.1) is 0 Å². The molecule has 0 aromatic carbocycles. The number of aliphatic hydroxyl groups excluding tert-OH is 1. The first kappa shape index (κ1) is 13.1. The molecule has 0 heterocycles. The third kappa shape index (κ3) is 2.93. The summed E-state index contributed by atoms with van der Waals surface area (Å²) in [6, 6.07) is 0.0354. The molecule has 0 aliphatic heterocycles. The molecule has 2 N–H and O–H groups in total.